The lowest BCUT2D eigenvalue weighted by molar-refractivity contribution is 0.198. The SMILES string of the molecule is CC(O)c1ccc(Sc2nnnn2C2CCCC2)c(F)c1. The van der Waals surface area contributed by atoms with Gasteiger partial charge in [-0.05, 0) is 59.7 Å². The molecule has 1 fully saturated rings. The molecule has 1 aliphatic rings. The smallest absolute Gasteiger partial charge is 0.214 e. The molecule has 1 N–H and O–H groups in total. The van der Waals surface area contributed by atoms with Crippen LogP contribution in [0.15, 0.2) is 28.3 Å². The maximum absolute atomic E-state index is 14.1. The Morgan fingerprint density at radius 3 is 2.81 bits per heavy atom. The first-order valence-corrected chi connectivity index (χ1v) is 7.90. The number of aliphatic hydroxyl groups excluding tert-OH is 1. The molecule has 0 radical (unpaired) electrons. The Labute approximate surface area is 126 Å². The molecular formula is C14H17FN4OS. The molecule has 0 aliphatic heterocycles. The van der Waals surface area contributed by atoms with Crippen molar-refractivity contribution in [1.29, 1.82) is 0 Å². The topological polar surface area (TPSA) is 63.8 Å². The summed E-state index contributed by atoms with van der Waals surface area (Å²) in [5.41, 5.74) is 0.562. The predicted molar refractivity (Wildman–Crippen MR) is 76.5 cm³/mol. The monoisotopic (exact) mass is 308 g/mol. The van der Waals surface area contributed by atoms with E-state index in [1.165, 1.54) is 30.7 Å². The Bertz CT molecular complexity index is 625. The fourth-order valence-electron chi connectivity index (χ4n) is 2.59. The Morgan fingerprint density at radius 1 is 1.38 bits per heavy atom. The molecule has 5 nitrogen and oxygen atoms in total. The number of halogens is 1. The van der Waals surface area contributed by atoms with Gasteiger partial charge >= 0.3 is 0 Å². The summed E-state index contributed by atoms with van der Waals surface area (Å²) in [6.07, 6.45) is 3.84. The molecule has 0 bridgehead atoms. The van der Waals surface area contributed by atoms with Gasteiger partial charge in [-0.2, -0.15) is 0 Å². The lowest BCUT2D eigenvalue weighted by Gasteiger charge is -2.11. The first-order valence-electron chi connectivity index (χ1n) is 7.08. The fraction of sp³-hybridized carbons (Fsp3) is 0.500. The second-order valence-corrected chi connectivity index (χ2v) is 6.32. The summed E-state index contributed by atoms with van der Waals surface area (Å²) in [4.78, 5) is 0.466. The lowest BCUT2D eigenvalue weighted by atomic mass is 10.1. The van der Waals surface area contributed by atoms with E-state index in [4.69, 9.17) is 0 Å². The maximum atomic E-state index is 14.1. The third kappa shape index (κ3) is 3.08. The van der Waals surface area contributed by atoms with Crippen molar-refractivity contribution in [2.45, 2.75) is 54.8 Å². The number of rotatable bonds is 4. The fourth-order valence-corrected chi connectivity index (χ4v) is 3.43. The van der Waals surface area contributed by atoms with Crippen LogP contribution in [0.2, 0.25) is 0 Å². The molecule has 1 aliphatic carbocycles. The van der Waals surface area contributed by atoms with E-state index in [0.29, 0.717) is 21.7 Å². The van der Waals surface area contributed by atoms with Gasteiger partial charge in [-0.25, -0.2) is 9.07 Å². The molecule has 1 aromatic heterocycles. The number of hydrogen-bond acceptors (Lipinski definition) is 5. The summed E-state index contributed by atoms with van der Waals surface area (Å²) in [6.45, 7) is 1.61. The van der Waals surface area contributed by atoms with Crippen molar-refractivity contribution in [3.8, 4) is 0 Å². The van der Waals surface area contributed by atoms with E-state index in [-0.39, 0.29) is 5.82 Å². The van der Waals surface area contributed by atoms with E-state index >= 15 is 0 Å². The van der Waals surface area contributed by atoms with Crippen molar-refractivity contribution in [3.63, 3.8) is 0 Å². The molecule has 112 valence electrons. The van der Waals surface area contributed by atoms with Crippen molar-refractivity contribution >= 4 is 11.8 Å². The lowest BCUT2D eigenvalue weighted by Crippen LogP contribution is -2.08. The Hall–Kier alpha value is -1.47. The molecule has 1 atom stereocenters. The third-order valence-corrected chi connectivity index (χ3v) is 4.78. The van der Waals surface area contributed by atoms with Crippen LogP contribution in [0.1, 0.15) is 50.3 Å². The van der Waals surface area contributed by atoms with E-state index in [1.807, 2.05) is 0 Å². The van der Waals surface area contributed by atoms with Gasteiger partial charge in [0.1, 0.15) is 5.82 Å². The number of hydrogen-bond donors (Lipinski definition) is 1. The summed E-state index contributed by atoms with van der Waals surface area (Å²) in [5, 5.41) is 21.9. The number of benzene rings is 1. The quantitative estimate of drug-likeness (QED) is 0.940. The number of aliphatic hydroxyl groups is 1. The highest BCUT2D eigenvalue weighted by Gasteiger charge is 2.22. The molecule has 7 heteroatoms. The van der Waals surface area contributed by atoms with Crippen LogP contribution in [0, 0.1) is 5.82 Å². The van der Waals surface area contributed by atoms with Gasteiger partial charge in [-0.3, -0.25) is 0 Å². The number of tetrazole rings is 1. The van der Waals surface area contributed by atoms with E-state index in [2.05, 4.69) is 15.5 Å². The minimum Gasteiger partial charge on any atom is -0.389 e. The average Bonchev–Trinajstić information content (AvgIpc) is 3.11. The van der Waals surface area contributed by atoms with Gasteiger partial charge in [0.2, 0.25) is 5.16 Å². The molecule has 0 saturated heterocycles. The second kappa shape index (κ2) is 6.11. The summed E-state index contributed by atoms with van der Waals surface area (Å²) in [7, 11) is 0. The average molecular weight is 308 g/mol. The van der Waals surface area contributed by atoms with Gasteiger partial charge in [0.15, 0.2) is 0 Å². The van der Waals surface area contributed by atoms with Crippen LogP contribution in [0.3, 0.4) is 0 Å². The first-order chi connectivity index (χ1) is 10.1. The minimum atomic E-state index is -0.678. The standard InChI is InChI=1S/C14H17FN4OS/c1-9(20)10-6-7-13(12(15)8-10)21-14-16-17-18-19(14)11-4-2-3-5-11/h6-9,11,20H,2-5H2,1H3. The van der Waals surface area contributed by atoms with Gasteiger partial charge in [0.25, 0.3) is 0 Å². The highest BCUT2D eigenvalue weighted by atomic mass is 32.2. The van der Waals surface area contributed by atoms with Crippen LogP contribution >= 0.6 is 11.8 Å². The number of aromatic nitrogens is 4. The number of nitrogens with zero attached hydrogens (tertiary/aromatic N) is 4. The van der Waals surface area contributed by atoms with Crippen molar-refractivity contribution in [3.05, 3.63) is 29.6 Å². The molecule has 2 aromatic rings. The predicted octanol–water partition coefficient (Wildman–Crippen LogP) is 3.13. The molecule has 1 saturated carbocycles. The van der Waals surface area contributed by atoms with E-state index in [0.717, 1.165) is 12.8 Å². The second-order valence-electron chi connectivity index (χ2n) is 5.31. The van der Waals surface area contributed by atoms with Gasteiger partial charge < -0.3 is 5.11 Å². The van der Waals surface area contributed by atoms with Crippen molar-refractivity contribution in [2.75, 3.05) is 0 Å². The Balaban J connectivity index is 1.82. The Morgan fingerprint density at radius 2 is 2.14 bits per heavy atom. The Kier molecular flexibility index (Phi) is 4.21. The van der Waals surface area contributed by atoms with E-state index in [9.17, 15) is 9.50 Å². The first kappa shape index (κ1) is 14.5. The van der Waals surface area contributed by atoms with Crippen LogP contribution in [0.25, 0.3) is 0 Å². The third-order valence-electron chi connectivity index (χ3n) is 3.77. The van der Waals surface area contributed by atoms with Crippen LogP contribution in [0.5, 0.6) is 0 Å². The summed E-state index contributed by atoms with van der Waals surface area (Å²) >= 11 is 1.22. The molecule has 1 aromatic carbocycles. The van der Waals surface area contributed by atoms with Gasteiger partial charge in [0, 0.05) is 0 Å². The molecule has 0 amide bonds. The molecule has 0 spiro atoms. The van der Waals surface area contributed by atoms with Gasteiger partial charge in [-0.15, -0.1) is 5.10 Å². The van der Waals surface area contributed by atoms with E-state index < -0.39 is 6.10 Å². The molecule has 3 rings (SSSR count). The highest BCUT2D eigenvalue weighted by Crippen LogP contribution is 2.35. The molecule has 21 heavy (non-hydrogen) atoms. The van der Waals surface area contributed by atoms with Crippen LogP contribution < -0.4 is 0 Å². The minimum absolute atomic E-state index is 0.322. The van der Waals surface area contributed by atoms with Gasteiger partial charge in [-0.1, -0.05) is 18.9 Å². The maximum Gasteiger partial charge on any atom is 0.214 e. The normalized spacial score (nSPS) is 17.3. The largest absolute Gasteiger partial charge is 0.389 e. The summed E-state index contributed by atoms with van der Waals surface area (Å²) < 4.78 is 15.9. The summed E-state index contributed by atoms with van der Waals surface area (Å²) in [5.74, 6) is -0.362. The molecule has 1 heterocycles. The zero-order valence-corrected chi connectivity index (χ0v) is 12.6. The highest BCUT2D eigenvalue weighted by molar-refractivity contribution is 7.99. The van der Waals surface area contributed by atoms with Crippen LogP contribution in [-0.2, 0) is 0 Å². The van der Waals surface area contributed by atoms with Crippen molar-refractivity contribution < 1.29 is 9.50 Å². The zero-order valence-electron chi connectivity index (χ0n) is 11.7. The van der Waals surface area contributed by atoms with E-state index in [1.54, 1.807) is 23.7 Å². The van der Waals surface area contributed by atoms with Crippen LogP contribution in [0.4, 0.5) is 4.39 Å². The van der Waals surface area contributed by atoms with Crippen LogP contribution in [-0.4, -0.2) is 25.3 Å². The van der Waals surface area contributed by atoms with Crippen molar-refractivity contribution in [2.24, 2.45) is 0 Å². The zero-order chi connectivity index (χ0) is 14.8. The van der Waals surface area contributed by atoms with Crippen molar-refractivity contribution in [1.82, 2.24) is 20.2 Å². The molecule has 1 unspecified atom stereocenters. The molecular weight excluding hydrogens is 291 g/mol. The summed E-state index contributed by atoms with van der Waals surface area (Å²) in [6, 6.07) is 5.06. The van der Waals surface area contributed by atoms with Gasteiger partial charge in [0.05, 0.1) is 17.0 Å².